The number of anilines is 1. The minimum atomic E-state index is 0.0941. The van der Waals surface area contributed by atoms with Crippen molar-refractivity contribution in [2.75, 3.05) is 38.6 Å². The molecule has 98 valence electrons. The van der Waals surface area contributed by atoms with Crippen molar-refractivity contribution in [2.24, 2.45) is 5.92 Å². The summed E-state index contributed by atoms with van der Waals surface area (Å²) in [4.78, 5) is 16.0. The average Bonchev–Trinajstić information content (AvgIpc) is 2.35. The third-order valence-electron chi connectivity index (χ3n) is 3.43. The molecule has 1 aromatic carbocycles. The van der Waals surface area contributed by atoms with Crippen molar-refractivity contribution < 1.29 is 4.79 Å². The zero-order valence-electron chi connectivity index (χ0n) is 11.3. The molecule has 1 fully saturated rings. The third kappa shape index (κ3) is 2.48. The van der Waals surface area contributed by atoms with Gasteiger partial charge in [0, 0.05) is 38.3 Å². The first kappa shape index (κ1) is 12.9. The molecule has 4 nitrogen and oxygen atoms in total. The number of para-hydroxylation sites is 1. The van der Waals surface area contributed by atoms with Crippen molar-refractivity contribution in [3.63, 3.8) is 0 Å². The Kier molecular flexibility index (Phi) is 3.87. The number of hydrogen-bond donors (Lipinski definition) is 1. The van der Waals surface area contributed by atoms with Crippen molar-refractivity contribution in [1.82, 2.24) is 10.2 Å². The van der Waals surface area contributed by atoms with Crippen molar-refractivity contribution in [1.29, 1.82) is 0 Å². The third-order valence-corrected chi connectivity index (χ3v) is 3.43. The molecule has 18 heavy (non-hydrogen) atoms. The van der Waals surface area contributed by atoms with Crippen LogP contribution in [-0.2, 0) is 0 Å². The number of rotatable bonds is 3. The molecule has 1 N–H and O–H groups in total. The highest BCUT2D eigenvalue weighted by molar-refractivity contribution is 5.93. The molecule has 1 aliphatic heterocycles. The molecule has 1 unspecified atom stereocenters. The summed E-state index contributed by atoms with van der Waals surface area (Å²) >= 11 is 0. The number of nitrogens with zero attached hydrogens (tertiary/aromatic N) is 2. The molecular weight excluding hydrogens is 226 g/mol. The quantitative estimate of drug-likeness (QED) is 0.882. The number of hydrogen-bond acceptors (Lipinski definition) is 2. The Hall–Kier alpha value is -1.55. The van der Waals surface area contributed by atoms with Gasteiger partial charge in [0.2, 0.25) is 0 Å². The van der Waals surface area contributed by atoms with Gasteiger partial charge in [-0.3, -0.25) is 4.90 Å². The number of nitrogens with one attached hydrogen (secondary N) is 1. The first-order valence-electron chi connectivity index (χ1n) is 6.36. The molecule has 1 saturated heterocycles. The van der Waals surface area contributed by atoms with Gasteiger partial charge in [0.05, 0.1) is 0 Å². The Balaban J connectivity index is 2.24. The monoisotopic (exact) mass is 247 g/mol. The fourth-order valence-electron chi connectivity index (χ4n) is 2.55. The highest BCUT2D eigenvalue weighted by atomic mass is 16.2. The summed E-state index contributed by atoms with van der Waals surface area (Å²) in [7, 11) is 3.82. The first-order chi connectivity index (χ1) is 8.63. The van der Waals surface area contributed by atoms with E-state index in [9.17, 15) is 4.79 Å². The standard InChI is InChI=1S/C14H21N3O/c1-11-6-4-5-7-13(11)17-10-12(8-15-2)9-16(3)14(17)18/h4-7,12,15H,8-10H2,1-3H3. The van der Waals surface area contributed by atoms with Crippen LogP contribution in [0.25, 0.3) is 0 Å². The van der Waals surface area contributed by atoms with Gasteiger partial charge >= 0.3 is 6.03 Å². The van der Waals surface area contributed by atoms with Gasteiger partial charge in [-0.1, -0.05) is 18.2 Å². The lowest BCUT2D eigenvalue weighted by Crippen LogP contribution is -2.54. The van der Waals surface area contributed by atoms with E-state index >= 15 is 0 Å². The van der Waals surface area contributed by atoms with E-state index in [1.165, 1.54) is 0 Å². The maximum absolute atomic E-state index is 12.3. The van der Waals surface area contributed by atoms with Crippen LogP contribution < -0.4 is 10.2 Å². The molecule has 1 atom stereocenters. The molecule has 0 radical (unpaired) electrons. The number of carbonyl (C=O) groups excluding carboxylic acids is 1. The smallest absolute Gasteiger partial charge is 0.324 e. The van der Waals surface area contributed by atoms with E-state index in [1.54, 1.807) is 4.90 Å². The number of aryl methyl sites for hydroxylation is 1. The second kappa shape index (κ2) is 5.40. The van der Waals surface area contributed by atoms with Crippen LogP contribution in [0.3, 0.4) is 0 Å². The van der Waals surface area contributed by atoms with Gasteiger partial charge in [0.1, 0.15) is 0 Å². The molecule has 0 aromatic heterocycles. The Bertz CT molecular complexity index is 433. The molecule has 4 heteroatoms. The van der Waals surface area contributed by atoms with Crippen LogP contribution >= 0.6 is 0 Å². The molecule has 1 aliphatic rings. The van der Waals surface area contributed by atoms with Crippen LogP contribution in [-0.4, -0.2) is 44.7 Å². The van der Waals surface area contributed by atoms with Gasteiger partial charge in [-0.2, -0.15) is 0 Å². The Morgan fingerprint density at radius 2 is 2.06 bits per heavy atom. The van der Waals surface area contributed by atoms with E-state index in [2.05, 4.69) is 5.32 Å². The highest BCUT2D eigenvalue weighted by Gasteiger charge is 2.30. The van der Waals surface area contributed by atoms with Gasteiger partial charge in [0.25, 0.3) is 0 Å². The summed E-state index contributed by atoms with van der Waals surface area (Å²) in [6, 6.07) is 8.14. The summed E-state index contributed by atoms with van der Waals surface area (Å²) < 4.78 is 0. The van der Waals surface area contributed by atoms with Gasteiger partial charge in [-0.15, -0.1) is 0 Å². The number of urea groups is 1. The van der Waals surface area contributed by atoms with Crippen LogP contribution in [0.2, 0.25) is 0 Å². The van der Waals surface area contributed by atoms with Crippen LogP contribution in [0, 0.1) is 12.8 Å². The maximum atomic E-state index is 12.3. The SMILES string of the molecule is CNCC1CN(C)C(=O)N(c2ccccc2C)C1. The van der Waals surface area contributed by atoms with Crippen molar-refractivity contribution >= 4 is 11.7 Å². The molecule has 2 amide bonds. The summed E-state index contributed by atoms with van der Waals surface area (Å²) in [5, 5.41) is 3.19. The molecule has 1 aromatic rings. The molecule has 0 saturated carbocycles. The lowest BCUT2D eigenvalue weighted by atomic mass is 10.0. The predicted octanol–water partition coefficient (Wildman–Crippen LogP) is 1.70. The van der Waals surface area contributed by atoms with Crippen LogP contribution in [0.15, 0.2) is 24.3 Å². The molecular formula is C14H21N3O. The van der Waals surface area contributed by atoms with Crippen molar-refractivity contribution in [2.45, 2.75) is 6.92 Å². The second-order valence-electron chi connectivity index (χ2n) is 4.98. The zero-order chi connectivity index (χ0) is 13.1. The summed E-state index contributed by atoms with van der Waals surface area (Å²) in [6.07, 6.45) is 0. The Morgan fingerprint density at radius 3 is 2.72 bits per heavy atom. The number of amides is 2. The van der Waals surface area contributed by atoms with E-state index < -0.39 is 0 Å². The Labute approximate surface area is 109 Å². The minimum absolute atomic E-state index is 0.0941. The lowest BCUT2D eigenvalue weighted by molar-refractivity contribution is 0.192. The normalized spacial score (nSPS) is 20.4. The van der Waals surface area contributed by atoms with E-state index in [0.717, 1.165) is 30.9 Å². The van der Waals surface area contributed by atoms with E-state index in [4.69, 9.17) is 0 Å². The van der Waals surface area contributed by atoms with Crippen molar-refractivity contribution in [3.05, 3.63) is 29.8 Å². The molecule has 0 spiro atoms. The maximum Gasteiger partial charge on any atom is 0.324 e. The first-order valence-corrected chi connectivity index (χ1v) is 6.36. The van der Waals surface area contributed by atoms with Gasteiger partial charge in [-0.05, 0) is 25.6 Å². The van der Waals surface area contributed by atoms with Crippen LogP contribution in [0.1, 0.15) is 5.56 Å². The number of benzene rings is 1. The largest absolute Gasteiger partial charge is 0.327 e. The van der Waals surface area contributed by atoms with E-state index in [-0.39, 0.29) is 6.03 Å². The zero-order valence-corrected chi connectivity index (χ0v) is 11.3. The van der Waals surface area contributed by atoms with E-state index in [1.807, 2.05) is 50.2 Å². The molecule has 1 heterocycles. The second-order valence-corrected chi connectivity index (χ2v) is 4.98. The Morgan fingerprint density at radius 1 is 1.33 bits per heavy atom. The van der Waals surface area contributed by atoms with Gasteiger partial charge < -0.3 is 10.2 Å². The molecule has 0 bridgehead atoms. The van der Waals surface area contributed by atoms with Crippen LogP contribution in [0.4, 0.5) is 10.5 Å². The van der Waals surface area contributed by atoms with E-state index in [0.29, 0.717) is 5.92 Å². The predicted molar refractivity (Wildman–Crippen MR) is 74.0 cm³/mol. The minimum Gasteiger partial charge on any atom is -0.327 e. The summed E-state index contributed by atoms with van der Waals surface area (Å²) in [6.45, 7) is 4.58. The average molecular weight is 247 g/mol. The van der Waals surface area contributed by atoms with Gasteiger partial charge in [-0.25, -0.2) is 4.79 Å². The van der Waals surface area contributed by atoms with Crippen LogP contribution in [0.5, 0.6) is 0 Å². The topological polar surface area (TPSA) is 35.6 Å². The highest BCUT2D eigenvalue weighted by Crippen LogP contribution is 2.24. The summed E-state index contributed by atoms with van der Waals surface area (Å²) in [5.74, 6) is 0.470. The fourth-order valence-corrected chi connectivity index (χ4v) is 2.55. The number of carbonyl (C=O) groups is 1. The lowest BCUT2D eigenvalue weighted by Gasteiger charge is -2.38. The fraction of sp³-hybridized carbons (Fsp3) is 0.500. The summed E-state index contributed by atoms with van der Waals surface area (Å²) in [5.41, 5.74) is 2.17. The molecule has 2 rings (SSSR count). The molecule has 0 aliphatic carbocycles. The van der Waals surface area contributed by atoms with Gasteiger partial charge in [0.15, 0.2) is 0 Å². The van der Waals surface area contributed by atoms with Crippen molar-refractivity contribution in [3.8, 4) is 0 Å².